The lowest BCUT2D eigenvalue weighted by atomic mass is 9.97. The van der Waals surface area contributed by atoms with E-state index < -0.39 is 5.97 Å². The fourth-order valence-corrected chi connectivity index (χ4v) is 1.90. The van der Waals surface area contributed by atoms with Gasteiger partial charge in [0.15, 0.2) is 0 Å². The number of aliphatic hydroxyl groups is 1. The zero-order valence-electron chi connectivity index (χ0n) is 8.68. The van der Waals surface area contributed by atoms with Gasteiger partial charge in [-0.1, -0.05) is 36.4 Å². The second kappa shape index (κ2) is 4.33. The van der Waals surface area contributed by atoms with Gasteiger partial charge in [-0.25, -0.2) is 0 Å². The van der Waals surface area contributed by atoms with Crippen LogP contribution in [0.4, 0.5) is 0 Å². The molecule has 0 spiro atoms. The molecule has 0 amide bonds. The standard InChI is InChI=1S/C13H12O3/c14-8-12-10(7-13(15)16)6-5-9-3-1-2-4-11(9)12/h1-6,14H,7-8H2,(H,15,16). The summed E-state index contributed by atoms with van der Waals surface area (Å²) in [5, 5.41) is 20.0. The monoisotopic (exact) mass is 216 g/mol. The van der Waals surface area contributed by atoms with E-state index >= 15 is 0 Å². The van der Waals surface area contributed by atoms with Gasteiger partial charge in [0.1, 0.15) is 0 Å². The molecule has 0 aromatic heterocycles. The predicted octanol–water partition coefficient (Wildman–Crippen LogP) is 1.96. The normalized spacial score (nSPS) is 10.6. The second-order valence-corrected chi connectivity index (χ2v) is 3.65. The van der Waals surface area contributed by atoms with E-state index in [4.69, 9.17) is 5.11 Å². The number of hydrogen-bond acceptors (Lipinski definition) is 2. The largest absolute Gasteiger partial charge is 0.481 e. The van der Waals surface area contributed by atoms with E-state index in [1.807, 2.05) is 30.3 Å². The molecule has 0 heterocycles. The molecule has 0 fully saturated rings. The minimum Gasteiger partial charge on any atom is -0.481 e. The van der Waals surface area contributed by atoms with Crippen molar-refractivity contribution in [2.45, 2.75) is 13.0 Å². The maximum absolute atomic E-state index is 10.7. The van der Waals surface area contributed by atoms with Crippen molar-refractivity contribution in [3.05, 3.63) is 47.5 Å². The molecule has 2 aromatic carbocycles. The fourth-order valence-electron chi connectivity index (χ4n) is 1.90. The highest BCUT2D eigenvalue weighted by molar-refractivity contribution is 5.87. The van der Waals surface area contributed by atoms with Crippen LogP contribution in [0.3, 0.4) is 0 Å². The van der Waals surface area contributed by atoms with Gasteiger partial charge in [-0.05, 0) is 21.9 Å². The summed E-state index contributed by atoms with van der Waals surface area (Å²) in [4.78, 5) is 10.7. The van der Waals surface area contributed by atoms with Crippen LogP contribution in [0.2, 0.25) is 0 Å². The highest BCUT2D eigenvalue weighted by Crippen LogP contribution is 2.23. The van der Waals surface area contributed by atoms with Crippen molar-refractivity contribution in [3.63, 3.8) is 0 Å². The molecule has 0 saturated carbocycles. The molecule has 0 aliphatic heterocycles. The lowest BCUT2D eigenvalue weighted by Gasteiger charge is -2.09. The Morgan fingerprint density at radius 3 is 2.56 bits per heavy atom. The highest BCUT2D eigenvalue weighted by Gasteiger charge is 2.09. The van der Waals surface area contributed by atoms with Gasteiger partial charge in [0, 0.05) is 0 Å². The summed E-state index contributed by atoms with van der Waals surface area (Å²) in [7, 11) is 0. The smallest absolute Gasteiger partial charge is 0.307 e. The predicted molar refractivity (Wildman–Crippen MR) is 61.2 cm³/mol. The average Bonchev–Trinajstić information content (AvgIpc) is 2.28. The molecular formula is C13H12O3. The van der Waals surface area contributed by atoms with Gasteiger partial charge in [0.05, 0.1) is 13.0 Å². The van der Waals surface area contributed by atoms with Crippen LogP contribution < -0.4 is 0 Å². The minimum atomic E-state index is -0.884. The van der Waals surface area contributed by atoms with Crippen LogP contribution in [0.25, 0.3) is 10.8 Å². The van der Waals surface area contributed by atoms with Crippen molar-refractivity contribution in [2.75, 3.05) is 0 Å². The van der Waals surface area contributed by atoms with Crippen molar-refractivity contribution in [1.29, 1.82) is 0 Å². The lowest BCUT2D eigenvalue weighted by molar-refractivity contribution is -0.136. The quantitative estimate of drug-likeness (QED) is 0.824. The van der Waals surface area contributed by atoms with Gasteiger partial charge >= 0.3 is 5.97 Å². The number of carboxylic acids is 1. The summed E-state index contributed by atoms with van der Waals surface area (Å²) < 4.78 is 0. The first kappa shape index (κ1) is 10.6. The molecule has 82 valence electrons. The Kier molecular flexibility index (Phi) is 2.88. The van der Waals surface area contributed by atoms with Crippen LogP contribution in [0.15, 0.2) is 36.4 Å². The summed E-state index contributed by atoms with van der Waals surface area (Å²) >= 11 is 0. The van der Waals surface area contributed by atoms with Crippen molar-refractivity contribution >= 4 is 16.7 Å². The number of benzene rings is 2. The molecule has 0 aliphatic carbocycles. The Morgan fingerprint density at radius 2 is 1.88 bits per heavy atom. The van der Waals surface area contributed by atoms with Crippen LogP contribution in [-0.4, -0.2) is 16.2 Å². The van der Waals surface area contributed by atoms with E-state index in [1.54, 1.807) is 6.07 Å². The number of aliphatic carboxylic acids is 1. The maximum Gasteiger partial charge on any atom is 0.307 e. The number of carboxylic acid groups (broad SMARTS) is 1. The van der Waals surface area contributed by atoms with Crippen LogP contribution in [0.5, 0.6) is 0 Å². The molecule has 16 heavy (non-hydrogen) atoms. The molecule has 0 bridgehead atoms. The number of carbonyl (C=O) groups is 1. The number of fused-ring (bicyclic) bond motifs is 1. The zero-order chi connectivity index (χ0) is 11.5. The molecule has 0 aliphatic rings. The van der Waals surface area contributed by atoms with Gasteiger partial charge in [0.2, 0.25) is 0 Å². The molecule has 0 saturated heterocycles. The van der Waals surface area contributed by atoms with Crippen LogP contribution >= 0.6 is 0 Å². The van der Waals surface area contributed by atoms with Crippen molar-refractivity contribution < 1.29 is 15.0 Å². The molecule has 0 unspecified atom stereocenters. The van der Waals surface area contributed by atoms with Gasteiger partial charge < -0.3 is 10.2 Å². The third kappa shape index (κ3) is 1.90. The molecule has 3 heteroatoms. The second-order valence-electron chi connectivity index (χ2n) is 3.65. The summed E-state index contributed by atoms with van der Waals surface area (Å²) in [5.74, 6) is -0.884. The van der Waals surface area contributed by atoms with E-state index in [0.29, 0.717) is 11.1 Å². The van der Waals surface area contributed by atoms with Gasteiger partial charge in [-0.2, -0.15) is 0 Å². The molecule has 3 nitrogen and oxygen atoms in total. The van der Waals surface area contributed by atoms with Gasteiger partial charge in [-0.15, -0.1) is 0 Å². The van der Waals surface area contributed by atoms with E-state index in [0.717, 1.165) is 10.8 Å². The van der Waals surface area contributed by atoms with Crippen molar-refractivity contribution in [3.8, 4) is 0 Å². The van der Waals surface area contributed by atoms with Crippen LogP contribution in [0.1, 0.15) is 11.1 Å². The number of aliphatic hydroxyl groups excluding tert-OH is 1. The Morgan fingerprint density at radius 1 is 1.12 bits per heavy atom. The molecule has 0 atom stereocenters. The minimum absolute atomic E-state index is 0.0548. The Labute approximate surface area is 93.0 Å². The SMILES string of the molecule is O=C(O)Cc1ccc2ccccc2c1CO. The topological polar surface area (TPSA) is 57.5 Å². The molecule has 2 N–H and O–H groups in total. The first-order valence-corrected chi connectivity index (χ1v) is 5.04. The first-order chi connectivity index (χ1) is 7.72. The van der Waals surface area contributed by atoms with Crippen molar-refractivity contribution in [1.82, 2.24) is 0 Å². The summed E-state index contributed by atoms with van der Waals surface area (Å²) in [6.07, 6.45) is -0.0548. The van der Waals surface area contributed by atoms with E-state index in [-0.39, 0.29) is 13.0 Å². The summed E-state index contributed by atoms with van der Waals surface area (Å²) in [5.41, 5.74) is 1.38. The highest BCUT2D eigenvalue weighted by atomic mass is 16.4. The van der Waals surface area contributed by atoms with E-state index in [2.05, 4.69) is 0 Å². The average molecular weight is 216 g/mol. The van der Waals surface area contributed by atoms with E-state index in [1.165, 1.54) is 0 Å². The molecule has 2 aromatic rings. The third-order valence-corrected chi connectivity index (χ3v) is 2.64. The lowest BCUT2D eigenvalue weighted by Crippen LogP contribution is -2.04. The zero-order valence-corrected chi connectivity index (χ0v) is 8.68. The number of rotatable bonds is 3. The van der Waals surface area contributed by atoms with Gasteiger partial charge in [0.25, 0.3) is 0 Å². The Bertz CT molecular complexity index is 532. The third-order valence-electron chi connectivity index (χ3n) is 2.64. The summed E-state index contributed by atoms with van der Waals surface area (Å²) in [6.45, 7) is -0.135. The van der Waals surface area contributed by atoms with Crippen molar-refractivity contribution in [2.24, 2.45) is 0 Å². The Hall–Kier alpha value is -1.87. The summed E-state index contributed by atoms with van der Waals surface area (Å²) in [6, 6.07) is 11.3. The van der Waals surface area contributed by atoms with Crippen LogP contribution in [-0.2, 0) is 17.8 Å². The van der Waals surface area contributed by atoms with Gasteiger partial charge in [-0.3, -0.25) is 4.79 Å². The first-order valence-electron chi connectivity index (χ1n) is 5.04. The van der Waals surface area contributed by atoms with Crippen LogP contribution in [0, 0.1) is 0 Å². The van der Waals surface area contributed by atoms with E-state index in [9.17, 15) is 9.90 Å². The molecule has 2 rings (SSSR count). The number of hydrogen-bond donors (Lipinski definition) is 2. The molecule has 0 radical (unpaired) electrons. The molecular weight excluding hydrogens is 204 g/mol. The Balaban J connectivity index is 2.63. The fraction of sp³-hybridized carbons (Fsp3) is 0.154. The maximum atomic E-state index is 10.7.